The van der Waals surface area contributed by atoms with E-state index in [2.05, 4.69) is 15.0 Å². The molecular weight excluding hydrogens is 322 g/mol. The number of aromatic nitrogens is 1. The van der Waals surface area contributed by atoms with Crippen molar-refractivity contribution in [2.24, 2.45) is 0 Å². The molecule has 2 rings (SSSR count). The molecule has 2 N–H and O–H groups in total. The fourth-order valence-corrected chi connectivity index (χ4v) is 3.77. The van der Waals surface area contributed by atoms with E-state index in [0.29, 0.717) is 11.4 Å². The molecule has 0 bridgehead atoms. The van der Waals surface area contributed by atoms with Crippen LogP contribution in [0.2, 0.25) is 4.47 Å². The van der Waals surface area contributed by atoms with Crippen molar-refractivity contribution < 1.29 is 13.2 Å². The van der Waals surface area contributed by atoms with Crippen LogP contribution in [0.15, 0.2) is 34.7 Å². The molecule has 0 aliphatic heterocycles. The molecule has 0 spiro atoms. The van der Waals surface area contributed by atoms with Crippen LogP contribution in [0.25, 0.3) is 0 Å². The van der Waals surface area contributed by atoms with Crippen LogP contribution in [0.5, 0.6) is 0 Å². The molecule has 0 atom stereocenters. The van der Waals surface area contributed by atoms with Crippen LogP contribution >= 0.6 is 22.9 Å². The van der Waals surface area contributed by atoms with Crippen molar-refractivity contribution in [2.45, 2.75) is 11.1 Å². The summed E-state index contributed by atoms with van der Waals surface area (Å²) in [5, 5.41) is 2.57. The van der Waals surface area contributed by atoms with Crippen molar-refractivity contribution in [3.05, 3.63) is 34.9 Å². The highest BCUT2D eigenvalue weighted by Gasteiger charge is 2.17. The average molecular weight is 332 g/mol. The van der Waals surface area contributed by atoms with Crippen LogP contribution in [0, 0.1) is 0 Å². The molecule has 9 heteroatoms. The Hall–Kier alpha value is -1.64. The average Bonchev–Trinajstić information content (AvgIpc) is 2.75. The van der Waals surface area contributed by atoms with Gasteiger partial charge in [0, 0.05) is 12.6 Å². The van der Waals surface area contributed by atoms with Crippen LogP contribution in [0.3, 0.4) is 0 Å². The number of carbonyl (C=O) groups is 1. The number of benzene rings is 1. The van der Waals surface area contributed by atoms with E-state index >= 15 is 0 Å². The lowest BCUT2D eigenvalue weighted by Gasteiger charge is -2.08. The Labute approximate surface area is 124 Å². The number of hydrogen-bond acceptors (Lipinski definition) is 5. The maximum absolute atomic E-state index is 12.1. The predicted octanol–water partition coefficient (Wildman–Crippen LogP) is 2.56. The van der Waals surface area contributed by atoms with Crippen molar-refractivity contribution in [3.8, 4) is 0 Å². The Morgan fingerprint density at radius 1 is 1.35 bits per heavy atom. The van der Waals surface area contributed by atoms with E-state index in [1.54, 1.807) is 18.2 Å². The molecule has 1 aromatic heterocycles. The SMILES string of the molecule is CC(=O)Nc1cccc(NS(=O)(=O)c2cnc(Cl)s2)c1. The largest absolute Gasteiger partial charge is 0.326 e. The van der Waals surface area contributed by atoms with Gasteiger partial charge in [-0.3, -0.25) is 9.52 Å². The summed E-state index contributed by atoms with van der Waals surface area (Å²) in [7, 11) is -3.73. The molecule has 0 saturated heterocycles. The number of thiazole rings is 1. The lowest BCUT2D eigenvalue weighted by atomic mass is 10.3. The van der Waals surface area contributed by atoms with Crippen LogP contribution < -0.4 is 10.0 Å². The highest BCUT2D eigenvalue weighted by molar-refractivity contribution is 7.94. The second-order valence-corrected chi connectivity index (χ2v) is 7.32. The van der Waals surface area contributed by atoms with Gasteiger partial charge < -0.3 is 5.32 Å². The summed E-state index contributed by atoms with van der Waals surface area (Å²) in [5.41, 5.74) is 0.834. The van der Waals surface area contributed by atoms with Gasteiger partial charge in [-0.15, -0.1) is 0 Å². The third-order valence-corrected chi connectivity index (χ3v) is 5.11. The van der Waals surface area contributed by atoms with Crippen molar-refractivity contribution in [2.75, 3.05) is 10.0 Å². The van der Waals surface area contributed by atoms with Crippen molar-refractivity contribution >= 4 is 50.2 Å². The smallest absolute Gasteiger partial charge is 0.273 e. The number of carbonyl (C=O) groups excluding carboxylic acids is 1. The molecule has 20 heavy (non-hydrogen) atoms. The van der Waals surface area contributed by atoms with E-state index in [4.69, 9.17) is 11.6 Å². The summed E-state index contributed by atoms with van der Waals surface area (Å²) in [4.78, 5) is 14.7. The Balaban J connectivity index is 2.23. The molecule has 0 unspecified atom stereocenters. The van der Waals surface area contributed by atoms with Crippen LogP contribution in [-0.2, 0) is 14.8 Å². The lowest BCUT2D eigenvalue weighted by molar-refractivity contribution is -0.114. The number of halogens is 1. The maximum Gasteiger partial charge on any atom is 0.273 e. The van der Waals surface area contributed by atoms with E-state index in [9.17, 15) is 13.2 Å². The zero-order valence-electron chi connectivity index (χ0n) is 10.3. The second kappa shape index (κ2) is 5.78. The zero-order chi connectivity index (χ0) is 14.8. The van der Waals surface area contributed by atoms with E-state index in [1.807, 2.05) is 0 Å². The minimum absolute atomic E-state index is 0.0208. The van der Waals surface area contributed by atoms with Gasteiger partial charge in [0.05, 0.1) is 11.9 Å². The highest BCUT2D eigenvalue weighted by Crippen LogP contribution is 2.25. The normalized spacial score (nSPS) is 11.1. The van der Waals surface area contributed by atoms with Crippen molar-refractivity contribution in [3.63, 3.8) is 0 Å². The molecule has 1 aromatic carbocycles. The first kappa shape index (κ1) is 14.8. The molecule has 1 heterocycles. The number of amides is 1. The van der Waals surface area contributed by atoms with Gasteiger partial charge in [0.1, 0.15) is 0 Å². The van der Waals surface area contributed by atoms with E-state index in [-0.39, 0.29) is 14.6 Å². The molecule has 0 aliphatic rings. The van der Waals surface area contributed by atoms with Crippen LogP contribution in [0.1, 0.15) is 6.92 Å². The predicted molar refractivity (Wildman–Crippen MR) is 78.7 cm³/mol. The van der Waals surface area contributed by atoms with Crippen molar-refractivity contribution in [1.29, 1.82) is 0 Å². The topological polar surface area (TPSA) is 88.2 Å². The van der Waals surface area contributed by atoms with Crippen LogP contribution in [-0.4, -0.2) is 19.3 Å². The summed E-state index contributed by atoms with van der Waals surface area (Å²) in [6.45, 7) is 1.37. The summed E-state index contributed by atoms with van der Waals surface area (Å²) < 4.78 is 26.7. The molecule has 0 saturated carbocycles. The molecule has 6 nitrogen and oxygen atoms in total. The monoisotopic (exact) mass is 331 g/mol. The lowest BCUT2D eigenvalue weighted by Crippen LogP contribution is -2.12. The maximum atomic E-state index is 12.1. The van der Waals surface area contributed by atoms with Gasteiger partial charge in [-0.05, 0) is 18.2 Å². The van der Waals surface area contributed by atoms with Gasteiger partial charge in [0.15, 0.2) is 8.68 Å². The van der Waals surface area contributed by atoms with Gasteiger partial charge in [0.25, 0.3) is 10.0 Å². The third-order valence-electron chi connectivity index (χ3n) is 2.16. The van der Waals surface area contributed by atoms with Gasteiger partial charge in [-0.2, -0.15) is 0 Å². The number of hydrogen-bond donors (Lipinski definition) is 2. The minimum atomic E-state index is -3.73. The number of nitrogens with zero attached hydrogens (tertiary/aromatic N) is 1. The Kier molecular flexibility index (Phi) is 4.26. The third kappa shape index (κ3) is 3.69. The molecular formula is C11H10ClN3O3S2. The van der Waals surface area contributed by atoms with Crippen molar-refractivity contribution in [1.82, 2.24) is 4.98 Å². The zero-order valence-corrected chi connectivity index (χ0v) is 12.6. The summed E-state index contributed by atoms with van der Waals surface area (Å²) >= 11 is 6.48. The van der Waals surface area contributed by atoms with Gasteiger partial charge in [-0.25, -0.2) is 13.4 Å². The Morgan fingerprint density at radius 3 is 2.65 bits per heavy atom. The summed E-state index contributed by atoms with van der Waals surface area (Å²) in [6, 6.07) is 6.37. The fraction of sp³-hybridized carbons (Fsp3) is 0.0909. The van der Waals surface area contributed by atoms with Gasteiger partial charge in [0.2, 0.25) is 5.91 Å². The standard InChI is InChI=1S/C11H10ClN3O3S2/c1-7(16)14-8-3-2-4-9(5-8)15-20(17,18)10-6-13-11(12)19-10/h2-6,15H,1H3,(H,14,16). The number of nitrogens with one attached hydrogen (secondary N) is 2. The van der Waals surface area contributed by atoms with E-state index < -0.39 is 10.0 Å². The summed E-state index contributed by atoms with van der Waals surface area (Å²) in [6.07, 6.45) is 1.19. The van der Waals surface area contributed by atoms with E-state index in [0.717, 1.165) is 11.3 Å². The first-order valence-electron chi connectivity index (χ1n) is 5.38. The van der Waals surface area contributed by atoms with Crippen LogP contribution in [0.4, 0.5) is 11.4 Å². The summed E-state index contributed by atoms with van der Waals surface area (Å²) in [5.74, 6) is -0.237. The first-order valence-corrected chi connectivity index (χ1v) is 8.06. The minimum Gasteiger partial charge on any atom is -0.326 e. The number of sulfonamides is 1. The molecule has 2 aromatic rings. The highest BCUT2D eigenvalue weighted by atomic mass is 35.5. The number of anilines is 2. The molecule has 0 fully saturated rings. The first-order chi connectivity index (χ1) is 9.37. The fourth-order valence-electron chi connectivity index (χ4n) is 1.43. The van der Waals surface area contributed by atoms with Gasteiger partial charge in [-0.1, -0.05) is 29.0 Å². The molecule has 0 aliphatic carbocycles. The molecule has 0 radical (unpaired) electrons. The van der Waals surface area contributed by atoms with E-state index in [1.165, 1.54) is 19.2 Å². The Morgan fingerprint density at radius 2 is 2.05 bits per heavy atom. The number of rotatable bonds is 4. The van der Waals surface area contributed by atoms with Gasteiger partial charge >= 0.3 is 0 Å². The second-order valence-electron chi connectivity index (χ2n) is 3.80. The quantitative estimate of drug-likeness (QED) is 0.901. The molecule has 106 valence electrons. The Bertz CT molecular complexity index is 743. The molecule has 1 amide bonds.